The van der Waals surface area contributed by atoms with E-state index < -0.39 is 0 Å². The minimum atomic E-state index is 0.715. The molecule has 0 aromatic heterocycles. The standard InChI is InChI=1S/C11H14N4S.C8H10/c1-5-15(3)14-9(2)10-6-7-12-11(16-4)13-8-10;1-2-4-6-8-7-5-3-1/h5,7-8H,1H2,2-4H3;1-4,7-8H,5-6H2/b14-9+;3-1-,4-2?,8-7-. The van der Waals surface area contributed by atoms with Gasteiger partial charge in [-0.15, -0.1) is 0 Å². The van der Waals surface area contributed by atoms with Crippen LogP contribution in [0.2, 0.25) is 0 Å². The van der Waals surface area contributed by atoms with Crippen molar-refractivity contribution in [2.45, 2.75) is 19.8 Å². The number of nitrogens with zero attached hydrogens (tertiary/aromatic N) is 4. The molecule has 1 aliphatic heterocycles. The maximum absolute atomic E-state index is 4.28. The van der Waals surface area contributed by atoms with E-state index in [0.717, 1.165) is 24.1 Å². The number of thioether (sulfide) groups is 1. The Morgan fingerprint density at radius 3 is 2.54 bits per heavy atom. The molecule has 2 aliphatic rings. The fourth-order valence-corrected chi connectivity index (χ4v) is 1.96. The number of hydrogen-bond acceptors (Lipinski definition) is 5. The summed E-state index contributed by atoms with van der Waals surface area (Å²) < 4.78 is 0. The molecule has 0 fully saturated rings. The molecule has 0 bridgehead atoms. The van der Waals surface area contributed by atoms with E-state index in [2.05, 4.69) is 63.9 Å². The molecule has 0 amide bonds. The summed E-state index contributed by atoms with van der Waals surface area (Å²) in [5, 5.41) is 6.63. The molecule has 2 rings (SSSR count). The molecular weight excluding hydrogens is 316 g/mol. The highest BCUT2D eigenvalue weighted by molar-refractivity contribution is 8.13. The Bertz CT molecular complexity index is 641. The predicted molar refractivity (Wildman–Crippen MR) is 109 cm³/mol. The topological polar surface area (TPSA) is 40.3 Å². The molecule has 5 heteroatoms. The molecule has 0 aromatic carbocycles. The molecule has 0 aromatic rings. The first-order valence-corrected chi connectivity index (χ1v) is 8.88. The van der Waals surface area contributed by atoms with Crippen molar-refractivity contribution in [2.24, 2.45) is 15.1 Å². The van der Waals surface area contributed by atoms with Gasteiger partial charge < -0.3 is 0 Å². The van der Waals surface area contributed by atoms with E-state index in [1.165, 1.54) is 11.8 Å². The summed E-state index contributed by atoms with van der Waals surface area (Å²) in [6.07, 6.45) is 21.9. The van der Waals surface area contributed by atoms with E-state index in [1.54, 1.807) is 23.6 Å². The van der Waals surface area contributed by atoms with Gasteiger partial charge >= 0.3 is 0 Å². The minimum Gasteiger partial charge on any atom is -0.276 e. The van der Waals surface area contributed by atoms with Gasteiger partial charge in [0.2, 0.25) is 0 Å². The maximum Gasteiger partial charge on any atom is 0.187 e. The van der Waals surface area contributed by atoms with Gasteiger partial charge in [0.25, 0.3) is 0 Å². The second kappa shape index (κ2) is 12.1. The van der Waals surface area contributed by atoms with E-state index >= 15 is 0 Å². The molecule has 4 nitrogen and oxygen atoms in total. The molecule has 0 saturated carbocycles. The van der Waals surface area contributed by atoms with Crippen LogP contribution in [-0.4, -0.2) is 35.4 Å². The van der Waals surface area contributed by atoms with Gasteiger partial charge in [-0.3, -0.25) is 5.01 Å². The summed E-state index contributed by atoms with van der Waals surface area (Å²) in [5.41, 5.74) is 4.67. The smallest absolute Gasteiger partial charge is 0.187 e. The van der Waals surface area contributed by atoms with Gasteiger partial charge in [-0.25, -0.2) is 9.98 Å². The lowest BCUT2D eigenvalue weighted by Gasteiger charge is -2.07. The van der Waals surface area contributed by atoms with E-state index in [-0.39, 0.29) is 0 Å². The number of hydrogen-bond donors (Lipinski definition) is 0. The molecule has 0 unspecified atom stereocenters. The van der Waals surface area contributed by atoms with Crippen molar-refractivity contribution < 1.29 is 0 Å². The van der Waals surface area contributed by atoms with Crippen molar-refractivity contribution in [2.75, 3.05) is 13.3 Å². The van der Waals surface area contributed by atoms with Crippen LogP contribution in [0.3, 0.4) is 0 Å². The predicted octanol–water partition coefficient (Wildman–Crippen LogP) is 4.73. The summed E-state index contributed by atoms with van der Waals surface area (Å²) in [5.74, 6) is 0. The summed E-state index contributed by atoms with van der Waals surface area (Å²) in [6, 6.07) is 0. The van der Waals surface area contributed by atoms with Gasteiger partial charge in [-0.1, -0.05) is 60.5 Å². The fourth-order valence-electron chi connectivity index (χ4n) is 1.65. The second-order valence-corrected chi connectivity index (χ2v) is 5.58. The van der Waals surface area contributed by atoms with Gasteiger partial charge in [0.1, 0.15) is 0 Å². The van der Waals surface area contributed by atoms with Gasteiger partial charge in [0.15, 0.2) is 5.17 Å². The Kier molecular flexibility index (Phi) is 9.93. The van der Waals surface area contributed by atoms with Crippen LogP contribution < -0.4 is 0 Å². The molecule has 1 heterocycles. The van der Waals surface area contributed by atoms with Crippen molar-refractivity contribution in [3.63, 3.8) is 0 Å². The number of hydrazone groups is 1. The van der Waals surface area contributed by atoms with Crippen LogP contribution in [0, 0.1) is 0 Å². The zero-order valence-electron chi connectivity index (χ0n) is 14.5. The average Bonchev–Trinajstić information content (AvgIpc) is 2.80. The lowest BCUT2D eigenvalue weighted by molar-refractivity contribution is 0.492. The van der Waals surface area contributed by atoms with Crippen molar-refractivity contribution in [1.29, 1.82) is 0 Å². The highest BCUT2D eigenvalue weighted by Gasteiger charge is 2.02. The van der Waals surface area contributed by atoms with Crippen LogP contribution >= 0.6 is 11.8 Å². The van der Waals surface area contributed by atoms with E-state index in [1.807, 2.05) is 20.2 Å². The fraction of sp³-hybridized carbons (Fsp3) is 0.263. The van der Waals surface area contributed by atoms with Crippen LogP contribution in [0.4, 0.5) is 0 Å². The molecule has 0 saturated heterocycles. The Hall–Kier alpha value is -2.36. The molecule has 24 heavy (non-hydrogen) atoms. The van der Waals surface area contributed by atoms with E-state index in [4.69, 9.17) is 0 Å². The van der Waals surface area contributed by atoms with Crippen molar-refractivity contribution in [1.82, 2.24) is 5.01 Å². The third-order valence-corrected chi connectivity index (χ3v) is 3.51. The lowest BCUT2D eigenvalue weighted by Crippen LogP contribution is -2.07. The first-order chi connectivity index (χ1) is 11.7. The Morgan fingerprint density at radius 1 is 1.29 bits per heavy atom. The van der Waals surface area contributed by atoms with E-state index in [0.29, 0.717) is 5.17 Å². The van der Waals surface area contributed by atoms with Gasteiger partial charge in [-0.2, -0.15) is 5.10 Å². The zero-order chi connectivity index (χ0) is 17.6. The Balaban J connectivity index is 0.000000300. The highest BCUT2D eigenvalue weighted by Crippen LogP contribution is 2.05. The summed E-state index contributed by atoms with van der Waals surface area (Å²) in [7, 11) is 1.82. The number of aliphatic imine (C=N–C) groups is 2. The van der Waals surface area contributed by atoms with Crippen molar-refractivity contribution >= 4 is 28.9 Å². The summed E-state index contributed by atoms with van der Waals surface area (Å²) >= 11 is 1.49. The molecule has 1 aliphatic carbocycles. The highest BCUT2D eigenvalue weighted by atomic mass is 32.2. The first kappa shape index (κ1) is 19.7. The molecular formula is C19H24N4S. The third kappa shape index (κ3) is 8.32. The molecule has 0 spiro atoms. The lowest BCUT2D eigenvalue weighted by atomic mass is 10.2. The van der Waals surface area contributed by atoms with Gasteiger partial charge in [0, 0.05) is 19.5 Å². The molecule has 0 N–H and O–H groups in total. The number of allylic oxidation sites excluding steroid dienone is 7. The molecule has 0 radical (unpaired) electrons. The molecule has 0 atom stereocenters. The number of amidine groups is 1. The second-order valence-electron chi connectivity index (χ2n) is 4.80. The summed E-state index contributed by atoms with van der Waals surface area (Å²) in [4.78, 5) is 8.32. The number of rotatable bonds is 3. The third-order valence-electron chi connectivity index (χ3n) is 2.94. The Morgan fingerprint density at radius 2 is 1.96 bits per heavy atom. The van der Waals surface area contributed by atoms with Crippen LogP contribution in [0.25, 0.3) is 0 Å². The Labute approximate surface area is 149 Å². The quantitative estimate of drug-likeness (QED) is 0.322. The normalized spacial score (nSPS) is 18.9. The average molecular weight is 340 g/mol. The van der Waals surface area contributed by atoms with Crippen molar-refractivity contribution in [3.05, 3.63) is 66.7 Å². The van der Waals surface area contributed by atoms with Gasteiger partial charge in [0.05, 0.1) is 17.5 Å². The zero-order valence-corrected chi connectivity index (χ0v) is 15.3. The van der Waals surface area contributed by atoms with Gasteiger partial charge in [-0.05, 0) is 26.0 Å². The SMILES string of the molecule is C1=CC/C=C\C/C=C\1.C=CN(C)/N=C(\C)C1=C=CN=C(SC)N=C1. The van der Waals surface area contributed by atoms with Crippen LogP contribution in [0.1, 0.15) is 19.8 Å². The van der Waals surface area contributed by atoms with Crippen molar-refractivity contribution in [3.8, 4) is 0 Å². The van der Waals surface area contributed by atoms with Crippen LogP contribution in [0.5, 0.6) is 0 Å². The largest absolute Gasteiger partial charge is 0.276 e. The first-order valence-electron chi connectivity index (χ1n) is 7.66. The van der Waals surface area contributed by atoms with E-state index in [9.17, 15) is 0 Å². The molecule has 126 valence electrons. The minimum absolute atomic E-state index is 0.715. The monoisotopic (exact) mass is 340 g/mol. The maximum atomic E-state index is 4.28. The summed E-state index contributed by atoms with van der Waals surface area (Å²) in [6.45, 7) is 5.52. The van der Waals surface area contributed by atoms with Crippen LogP contribution in [0.15, 0.2) is 81.8 Å². The van der Waals surface area contributed by atoms with Crippen LogP contribution in [-0.2, 0) is 0 Å².